The van der Waals surface area contributed by atoms with Crippen molar-refractivity contribution in [3.8, 4) is 0 Å². The number of rotatable bonds is 7. The standard InChI is InChI=1S/C11H17NO2S2/c1-8(15-2)5-6-12-7-9-3-4-10(16-9)11(13)14/h3-4,8,12H,5-7H2,1-2H3,(H,13,14). The fourth-order valence-corrected chi connectivity index (χ4v) is 2.39. The zero-order chi connectivity index (χ0) is 12.0. The number of thioether (sulfide) groups is 1. The predicted molar refractivity (Wildman–Crippen MR) is 70.6 cm³/mol. The highest BCUT2D eigenvalue weighted by Gasteiger charge is 2.06. The quantitative estimate of drug-likeness (QED) is 0.739. The molecule has 0 radical (unpaired) electrons. The number of carboxylic acids is 1. The van der Waals surface area contributed by atoms with Crippen LogP contribution < -0.4 is 5.32 Å². The minimum absolute atomic E-state index is 0.411. The number of nitrogens with one attached hydrogen (secondary N) is 1. The van der Waals surface area contributed by atoms with Gasteiger partial charge in [0.15, 0.2) is 0 Å². The van der Waals surface area contributed by atoms with E-state index in [1.54, 1.807) is 6.07 Å². The molecule has 1 heterocycles. The van der Waals surface area contributed by atoms with E-state index in [-0.39, 0.29) is 0 Å². The van der Waals surface area contributed by atoms with Gasteiger partial charge in [-0.05, 0) is 31.4 Å². The summed E-state index contributed by atoms with van der Waals surface area (Å²) in [7, 11) is 0. The molecule has 2 N–H and O–H groups in total. The van der Waals surface area contributed by atoms with Crippen molar-refractivity contribution in [2.75, 3.05) is 12.8 Å². The third kappa shape index (κ3) is 4.55. The second-order valence-corrected chi connectivity index (χ2v) is 6.03. The highest BCUT2D eigenvalue weighted by molar-refractivity contribution is 7.99. The Kier molecular flexibility index (Phi) is 5.87. The van der Waals surface area contributed by atoms with Gasteiger partial charge < -0.3 is 10.4 Å². The molecular weight excluding hydrogens is 242 g/mol. The van der Waals surface area contributed by atoms with E-state index in [9.17, 15) is 4.79 Å². The highest BCUT2D eigenvalue weighted by Crippen LogP contribution is 2.16. The lowest BCUT2D eigenvalue weighted by atomic mass is 10.3. The van der Waals surface area contributed by atoms with Crippen LogP contribution in [0.4, 0.5) is 0 Å². The fourth-order valence-electron chi connectivity index (χ4n) is 1.22. The Labute approximate surface area is 104 Å². The van der Waals surface area contributed by atoms with E-state index >= 15 is 0 Å². The van der Waals surface area contributed by atoms with Crippen LogP contribution in [0, 0.1) is 0 Å². The normalized spacial score (nSPS) is 12.6. The molecule has 0 saturated heterocycles. The zero-order valence-electron chi connectivity index (χ0n) is 9.53. The molecule has 0 bridgehead atoms. The molecule has 3 nitrogen and oxygen atoms in total. The van der Waals surface area contributed by atoms with Crippen LogP contribution in [-0.2, 0) is 6.54 Å². The molecule has 0 fully saturated rings. The molecule has 0 aliphatic carbocycles. The van der Waals surface area contributed by atoms with Gasteiger partial charge in [-0.3, -0.25) is 0 Å². The summed E-state index contributed by atoms with van der Waals surface area (Å²) in [6.07, 6.45) is 3.25. The summed E-state index contributed by atoms with van der Waals surface area (Å²) in [5, 5.41) is 12.8. The summed E-state index contributed by atoms with van der Waals surface area (Å²) >= 11 is 3.20. The predicted octanol–water partition coefficient (Wildman–Crippen LogP) is 2.68. The Morgan fingerprint density at radius 2 is 2.38 bits per heavy atom. The Morgan fingerprint density at radius 1 is 1.62 bits per heavy atom. The van der Waals surface area contributed by atoms with Crippen molar-refractivity contribution in [2.45, 2.75) is 25.1 Å². The molecule has 0 amide bonds. The van der Waals surface area contributed by atoms with E-state index in [4.69, 9.17) is 5.11 Å². The van der Waals surface area contributed by atoms with Crippen LogP contribution in [0.15, 0.2) is 12.1 Å². The summed E-state index contributed by atoms with van der Waals surface area (Å²) in [6, 6.07) is 3.54. The maximum atomic E-state index is 10.7. The lowest BCUT2D eigenvalue weighted by Gasteiger charge is -2.07. The maximum absolute atomic E-state index is 10.7. The van der Waals surface area contributed by atoms with Gasteiger partial charge in [0.1, 0.15) is 4.88 Å². The molecule has 0 aliphatic rings. The lowest BCUT2D eigenvalue weighted by molar-refractivity contribution is 0.0702. The summed E-state index contributed by atoms with van der Waals surface area (Å²) < 4.78 is 0. The van der Waals surface area contributed by atoms with E-state index in [0.717, 1.165) is 24.4 Å². The Bertz CT molecular complexity index is 338. The Hall–Kier alpha value is -0.520. The Balaban J connectivity index is 2.24. The van der Waals surface area contributed by atoms with Crippen LogP contribution in [0.1, 0.15) is 27.9 Å². The third-order valence-electron chi connectivity index (χ3n) is 2.30. The van der Waals surface area contributed by atoms with Crippen LogP contribution >= 0.6 is 23.1 Å². The van der Waals surface area contributed by atoms with Gasteiger partial charge in [0, 0.05) is 16.7 Å². The molecular formula is C11H17NO2S2. The first kappa shape index (κ1) is 13.5. The van der Waals surface area contributed by atoms with Crippen LogP contribution in [0.3, 0.4) is 0 Å². The zero-order valence-corrected chi connectivity index (χ0v) is 11.2. The van der Waals surface area contributed by atoms with Crippen LogP contribution in [-0.4, -0.2) is 29.1 Å². The summed E-state index contributed by atoms with van der Waals surface area (Å²) in [6.45, 7) is 3.95. The molecule has 0 aromatic carbocycles. The minimum atomic E-state index is -0.841. The van der Waals surface area contributed by atoms with E-state index in [0.29, 0.717) is 10.1 Å². The number of hydrogen-bond donors (Lipinski definition) is 2. The molecule has 1 unspecified atom stereocenters. The van der Waals surface area contributed by atoms with Crippen LogP contribution in [0.2, 0.25) is 0 Å². The van der Waals surface area contributed by atoms with Gasteiger partial charge in [-0.15, -0.1) is 11.3 Å². The molecule has 0 saturated carbocycles. The van der Waals surface area contributed by atoms with E-state index in [1.807, 2.05) is 17.8 Å². The number of carbonyl (C=O) groups is 1. The van der Waals surface area contributed by atoms with Gasteiger partial charge in [0.05, 0.1) is 0 Å². The van der Waals surface area contributed by atoms with Gasteiger partial charge in [-0.1, -0.05) is 6.92 Å². The van der Waals surface area contributed by atoms with Crippen molar-refractivity contribution in [3.63, 3.8) is 0 Å². The second-order valence-electron chi connectivity index (χ2n) is 3.58. The van der Waals surface area contributed by atoms with Gasteiger partial charge in [-0.25, -0.2) is 4.79 Å². The van der Waals surface area contributed by atoms with Crippen LogP contribution in [0.5, 0.6) is 0 Å². The number of hydrogen-bond acceptors (Lipinski definition) is 4. The molecule has 90 valence electrons. The first-order chi connectivity index (χ1) is 7.63. The smallest absolute Gasteiger partial charge is 0.345 e. The molecule has 1 atom stereocenters. The van der Waals surface area contributed by atoms with Crippen molar-refractivity contribution in [1.29, 1.82) is 0 Å². The lowest BCUT2D eigenvalue weighted by Crippen LogP contribution is -2.16. The average Bonchev–Trinajstić information content (AvgIpc) is 2.72. The van der Waals surface area contributed by atoms with Gasteiger partial charge in [0.25, 0.3) is 0 Å². The van der Waals surface area contributed by atoms with Gasteiger partial charge >= 0.3 is 5.97 Å². The number of carboxylic acid groups (broad SMARTS) is 1. The first-order valence-corrected chi connectivity index (χ1v) is 7.29. The molecule has 0 aliphatic heterocycles. The largest absolute Gasteiger partial charge is 0.477 e. The van der Waals surface area contributed by atoms with Crippen molar-refractivity contribution in [1.82, 2.24) is 5.32 Å². The van der Waals surface area contributed by atoms with Crippen molar-refractivity contribution < 1.29 is 9.90 Å². The van der Waals surface area contributed by atoms with Crippen LogP contribution in [0.25, 0.3) is 0 Å². The fraction of sp³-hybridized carbons (Fsp3) is 0.545. The highest BCUT2D eigenvalue weighted by atomic mass is 32.2. The van der Waals surface area contributed by atoms with E-state index in [1.165, 1.54) is 11.3 Å². The molecule has 5 heteroatoms. The Morgan fingerprint density at radius 3 is 2.94 bits per heavy atom. The molecule has 1 aromatic rings. The maximum Gasteiger partial charge on any atom is 0.345 e. The summed E-state index contributed by atoms with van der Waals surface area (Å²) in [5.41, 5.74) is 0. The van der Waals surface area contributed by atoms with E-state index in [2.05, 4.69) is 18.5 Å². The topological polar surface area (TPSA) is 49.3 Å². The third-order valence-corrected chi connectivity index (χ3v) is 4.42. The average molecular weight is 259 g/mol. The number of aromatic carboxylic acids is 1. The van der Waals surface area contributed by atoms with E-state index < -0.39 is 5.97 Å². The molecule has 0 spiro atoms. The molecule has 1 aromatic heterocycles. The van der Waals surface area contributed by atoms with Gasteiger partial charge in [-0.2, -0.15) is 11.8 Å². The summed E-state index contributed by atoms with van der Waals surface area (Å²) in [4.78, 5) is 12.1. The van der Waals surface area contributed by atoms with Crippen molar-refractivity contribution in [2.24, 2.45) is 0 Å². The second kappa shape index (κ2) is 6.93. The van der Waals surface area contributed by atoms with Crippen molar-refractivity contribution >= 4 is 29.1 Å². The molecule has 1 rings (SSSR count). The monoisotopic (exact) mass is 259 g/mol. The SMILES string of the molecule is CSC(C)CCNCc1ccc(C(=O)O)s1. The number of thiophene rings is 1. The van der Waals surface area contributed by atoms with Gasteiger partial charge in [0.2, 0.25) is 0 Å². The van der Waals surface area contributed by atoms with Crippen molar-refractivity contribution in [3.05, 3.63) is 21.9 Å². The molecule has 16 heavy (non-hydrogen) atoms. The summed E-state index contributed by atoms with van der Waals surface area (Å²) in [5.74, 6) is -0.841. The minimum Gasteiger partial charge on any atom is -0.477 e. The first-order valence-electron chi connectivity index (χ1n) is 5.19.